The van der Waals surface area contributed by atoms with Crippen LogP contribution in [0.3, 0.4) is 0 Å². The number of likely N-dealkylation sites (tertiary alicyclic amines) is 1. The largest absolute Gasteiger partial charge is 0.383 e. The number of hydrogen-bond acceptors (Lipinski definition) is 6. The predicted octanol–water partition coefficient (Wildman–Crippen LogP) is 3.69. The third-order valence-corrected chi connectivity index (χ3v) is 6.79. The molecule has 156 valence electrons. The van der Waals surface area contributed by atoms with Gasteiger partial charge < -0.3 is 16.0 Å². The minimum atomic E-state index is -0.670. The van der Waals surface area contributed by atoms with Crippen LogP contribution in [-0.4, -0.2) is 33.2 Å². The van der Waals surface area contributed by atoms with Gasteiger partial charge in [0.25, 0.3) is 0 Å². The molecule has 1 fully saturated rings. The minimum Gasteiger partial charge on any atom is -0.383 e. The molecule has 2 aromatic heterocycles. The molecule has 0 bridgehead atoms. The number of nitrogens with one attached hydrogen (secondary N) is 1. The molecule has 1 saturated heterocycles. The first-order valence-corrected chi connectivity index (χ1v) is 10.8. The smallest absolute Gasteiger partial charge is 0.313 e. The number of thiazole rings is 1. The van der Waals surface area contributed by atoms with Crippen LogP contribution in [-0.2, 0) is 15.1 Å². The number of nitrogen functional groups attached to an aromatic ring is 1. The fourth-order valence-electron chi connectivity index (χ4n) is 4.03. The van der Waals surface area contributed by atoms with Gasteiger partial charge in [-0.1, -0.05) is 13.0 Å². The molecule has 0 aliphatic carbocycles. The fraction of sp³-hybridized carbons (Fsp3) is 0.364. The van der Waals surface area contributed by atoms with Crippen molar-refractivity contribution in [1.29, 1.82) is 0 Å². The van der Waals surface area contributed by atoms with Crippen molar-refractivity contribution in [2.45, 2.75) is 39.2 Å². The summed E-state index contributed by atoms with van der Waals surface area (Å²) in [6.07, 6.45) is 3.23. The first kappa shape index (κ1) is 20.3. The molecular formula is C22H25N5O2S. The van der Waals surface area contributed by atoms with E-state index in [4.69, 9.17) is 5.73 Å². The fourth-order valence-corrected chi connectivity index (χ4v) is 4.69. The summed E-state index contributed by atoms with van der Waals surface area (Å²) in [4.78, 5) is 36.3. The van der Waals surface area contributed by atoms with Gasteiger partial charge in [0.1, 0.15) is 5.82 Å². The number of benzene rings is 1. The SMILES string of the molecule is Cc1cc(NC(=O)C(=O)N2C[C@@H](C)CC[C@@]2(C)c2ccc3scnc3c2)cnc1N. The van der Waals surface area contributed by atoms with Crippen LogP contribution in [0.25, 0.3) is 10.2 Å². The molecule has 0 unspecified atom stereocenters. The molecule has 3 aromatic rings. The van der Waals surface area contributed by atoms with E-state index >= 15 is 0 Å². The molecule has 2 amide bonds. The van der Waals surface area contributed by atoms with Crippen LogP contribution in [0.1, 0.15) is 37.8 Å². The van der Waals surface area contributed by atoms with Crippen molar-refractivity contribution in [2.24, 2.45) is 5.92 Å². The molecule has 7 nitrogen and oxygen atoms in total. The topological polar surface area (TPSA) is 101 Å². The number of carbonyl (C=O) groups excluding carboxylic acids is 2. The maximum absolute atomic E-state index is 13.3. The van der Waals surface area contributed by atoms with Crippen molar-refractivity contribution in [1.82, 2.24) is 14.9 Å². The molecule has 0 saturated carbocycles. The van der Waals surface area contributed by atoms with Gasteiger partial charge in [-0.05, 0) is 61.9 Å². The number of anilines is 2. The van der Waals surface area contributed by atoms with E-state index in [0.29, 0.717) is 24.0 Å². The third kappa shape index (κ3) is 3.63. The normalized spacial score (nSPS) is 21.6. The zero-order valence-corrected chi connectivity index (χ0v) is 18.1. The lowest BCUT2D eigenvalue weighted by Crippen LogP contribution is -2.55. The molecule has 0 radical (unpaired) electrons. The van der Waals surface area contributed by atoms with Crippen molar-refractivity contribution in [3.63, 3.8) is 0 Å². The van der Waals surface area contributed by atoms with E-state index in [0.717, 1.165) is 34.2 Å². The van der Waals surface area contributed by atoms with Crippen LogP contribution in [0, 0.1) is 12.8 Å². The summed E-state index contributed by atoms with van der Waals surface area (Å²) in [5.74, 6) is -0.500. The predicted molar refractivity (Wildman–Crippen MR) is 119 cm³/mol. The van der Waals surface area contributed by atoms with Gasteiger partial charge in [0.2, 0.25) is 0 Å². The van der Waals surface area contributed by atoms with Crippen molar-refractivity contribution < 1.29 is 9.59 Å². The Labute approximate surface area is 179 Å². The zero-order valence-electron chi connectivity index (χ0n) is 17.3. The Morgan fingerprint density at radius 2 is 2.10 bits per heavy atom. The quantitative estimate of drug-likeness (QED) is 0.612. The molecule has 1 aromatic carbocycles. The number of pyridine rings is 1. The van der Waals surface area contributed by atoms with Crippen LogP contribution < -0.4 is 11.1 Å². The number of aryl methyl sites for hydroxylation is 1. The number of nitrogens with zero attached hydrogens (tertiary/aromatic N) is 3. The van der Waals surface area contributed by atoms with Crippen LogP contribution in [0.4, 0.5) is 11.5 Å². The Bertz CT molecular complexity index is 1130. The van der Waals surface area contributed by atoms with E-state index in [1.807, 2.05) is 30.6 Å². The maximum Gasteiger partial charge on any atom is 0.313 e. The number of aromatic nitrogens is 2. The van der Waals surface area contributed by atoms with Gasteiger partial charge in [0.15, 0.2) is 0 Å². The van der Waals surface area contributed by atoms with E-state index < -0.39 is 17.4 Å². The summed E-state index contributed by atoms with van der Waals surface area (Å²) in [7, 11) is 0. The minimum absolute atomic E-state index is 0.318. The highest BCUT2D eigenvalue weighted by Gasteiger charge is 2.43. The number of piperidine rings is 1. The van der Waals surface area contributed by atoms with Gasteiger partial charge in [-0.15, -0.1) is 11.3 Å². The van der Waals surface area contributed by atoms with Gasteiger partial charge in [-0.3, -0.25) is 9.59 Å². The number of carbonyl (C=O) groups is 2. The number of nitrogens with two attached hydrogens (primary N) is 1. The molecule has 8 heteroatoms. The zero-order chi connectivity index (χ0) is 21.5. The molecule has 3 N–H and O–H groups in total. The van der Waals surface area contributed by atoms with Gasteiger partial charge in [0.05, 0.1) is 33.2 Å². The van der Waals surface area contributed by atoms with Gasteiger partial charge in [-0.2, -0.15) is 0 Å². The summed E-state index contributed by atoms with van der Waals surface area (Å²) in [5.41, 5.74) is 10.1. The van der Waals surface area contributed by atoms with Crippen molar-refractivity contribution in [2.75, 3.05) is 17.6 Å². The molecule has 2 atom stereocenters. The highest BCUT2D eigenvalue weighted by Crippen LogP contribution is 2.40. The van der Waals surface area contributed by atoms with Crippen molar-refractivity contribution >= 4 is 44.9 Å². The molecule has 1 aliphatic heterocycles. The maximum atomic E-state index is 13.3. The summed E-state index contributed by atoms with van der Waals surface area (Å²) >= 11 is 1.59. The van der Waals surface area contributed by atoms with Crippen LogP contribution >= 0.6 is 11.3 Å². The molecule has 0 spiro atoms. The average molecular weight is 424 g/mol. The lowest BCUT2D eigenvalue weighted by Gasteiger charge is -2.47. The molecule has 3 heterocycles. The van der Waals surface area contributed by atoms with E-state index in [1.54, 1.807) is 29.2 Å². The highest BCUT2D eigenvalue weighted by atomic mass is 32.1. The first-order valence-electron chi connectivity index (χ1n) is 9.97. The summed E-state index contributed by atoms with van der Waals surface area (Å²) in [6.45, 7) is 6.47. The standard InChI is InChI=1S/C22H25N5O2S/c1-13-6-7-22(3,15-4-5-18-17(9-15)25-12-30-18)27(11-13)21(29)20(28)26-16-8-14(2)19(23)24-10-16/h4-5,8-10,12-13H,6-7,11H2,1-3H3,(H2,23,24)(H,26,28)/t13-,22-/m0/s1. The van der Waals surface area contributed by atoms with E-state index in [1.165, 1.54) is 6.20 Å². The Morgan fingerprint density at radius 1 is 1.30 bits per heavy atom. The van der Waals surface area contributed by atoms with Gasteiger partial charge in [0, 0.05) is 6.54 Å². The van der Waals surface area contributed by atoms with Gasteiger partial charge >= 0.3 is 11.8 Å². The molecule has 1 aliphatic rings. The molecular weight excluding hydrogens is 398 g/mol. The number of amides is 2. The Balaban J connectivity index is 1.63. The van der Waals surface area contributed by atoms with E-state index in [-0.39, 0.29) is 0 Å². The second kappa shape index (κ2) is 7.68. The van der Waals surface area contributed by atoms with E-state index in [9.17, 15) is 9.59 Å². The van der Waals surface area contributed by atoms with Crippen LogP contribution in [0.5, 0.6) is 0 Å². The third-order valence-electron chi connectivity index (χ3n) is 5.98. The van der Waals surface area contributed by atoms with Crippen molar-refractivity contribution in [3.05, 3.63) is 47.1 Å². The summed E-state index contributed by atoms with van der Waals surface area (Å²) in [5, 5.41) is 2.68. The number of fused-ring (bicyclic) bond motifs is 1. The summed E-state index contributed by atoms with van der Waals surface area (Å²) in [6, 6.07) is 7.83. The van der Waals surface area contributed by atoms with E-state index in [2.05, 4.69) is 22.2 Å². The second-order valence-corrected chi connectivity index (χ2v) is 9.13. The lowest BCUT2D eigenvalue weighted by molar-refractivity contribution is -0.150. The monoisotopic (exact) mass is 423 g/mol. The Kier molecular flexibility index (Phi) is 5.19. The summed E-state index contributed by atoms with van der Waals surface area (Å²) < 4.78 is 1.10. The highest BCUT2D eigenvalue weighted by molar-refractivity contribution is 7.16. The van der Waals surface area contributed by atoms with Crippen LogP contribution in [0.2, 0.25) is 0 Å². The Hall–Kier alpha value is -3.00. The average Bonchev–Trinajstić information content (AvgIpc) is 3.20. The van der Waals surface area contributed by atoms with Crippen LogP contribution in [0.15, 0.2) is 36.0 Å². The number of rotatable bonds is 2. The van der Waals surface area contributed by atoms with Gasteiger partial charge in [-0.25, -0.2) is 9.97 Å². The second-order valence-electron chi connectivity index (χ2n) is 8.25. The molecule has 30 heavy (non-hydrogen) atoms. The molecule has 4 rings (SSSR count). The van der Waals surface area contributed by atoms with Crippen molar-refractivity contribution in [3.8, 4) is 0 Å². The first-order chi connectivity index (χ1) is 14.3. The number of hydrogen-bond donors (Lipinski definition) is 2. The lowest BCUT2D eigenvalue weighted by atomic mass is 9.79. The Morgan fingerprint density at radius 3 is 2.87 bits per heavy atom.